The van der Waals surface area contributed by atoms with Gasteiger partial charge in [0, 0.05) is 12.0 Å². The summed E-state index contributed by atoms with van der Waals surface area (Å²) >= 11 is 1.65. The van der Waals surface area contributed by atoms with Crippen molar-refractivity contribution in [2.75, 3.05) is 5.75 Å². The Labute approximate surface area is 92.8 Å². The number of rotatable bonds is 3. The first-order valence-electron chi connectivity index (χ1n) is 4.76. The van der Waals surface area contributed by atoms with E-state index in [2.05, 4.69) is 4.99 Å². The summed E-state index contributed by atoms with van der Waals surface area (Å²) in [5.41, 5.74) is 6.37. The molecule has 0 saturated carbocycles. The van der Waals surface area contributed by atoms with Crippen LogP contribution in [0, 0.1) is 0 Å². The maximum atomic E-state index is 11.4. The molecule has 0 aromatic heterocycles. The molecule has 1 aliphatic heterocycles. The molecule has 15 heavy (non-hydrogen) atoms. The lowest BCUT2D eigenvalue weighted by Crippen LogP contribution is -2.28. The van der Waals surface area contributed by atoms with E-state index in [1.54, 1.807) is 11.8 Å². The number of carbonyl (C=O) groups is 1. The highest BCUT2D eigenvalue weighted by Crippen LogP contribution is 2.31. The van der Waals surface area contributed by atoms with Crippen molar-refractivity contribution in [3.63, 3.8) is 0 Å². The van der Waals surface area contributed by atoms with E-state index in [9.17, 15) is 4.79 Å². The molecule has 2 atom stereocenters. The minimum absolute atomic E-state index is 0.0510. The maximum Gasteiger partial charge on any atom is 0.228 e. The van der Waals surface area contributed by atoms with Crippen molar-refractivity contribution in [2.45, 2.75) is 11.3 Å². The molecule has 0 aliphatic carbocycles. The average molecular weight is 220 g/mol. The molecule has 0 radical (unpaired) electrons. The normalized spacial score (nSPS) is 21.5. The zero-order valence-corrected chi connectivity index (χ0v) is 8.98. The van der Waals surface area contributed by atoms with Crippen LogP contribution in [0.1, 0.15) is 11.5 Å². The number of carbonyl (C=O) groups excluding carboxylic acids is 1. The quantitative estimate of drug-likeness (QED) is 0.837. The van der Waals surface area contributed by atoms with Crippen molar-refractivity contribution in [1.29, 1.82) is 0 Å². The van der Waals surface area contributed by atoms with E-state index in [1.165, 1.54) is 0 Å². The van der Waals surface area contributed by atoms with Gasteiger partial charge in [0.05, 0.1) is 5.92 Å². The highest BCUT2D eigenvalue weighted by Gasteiger charge is 2.29. The summed E-state index contributed by atoms with van der Waals surface area (Å²) in [6.45, 7) is 0. The standard InChI is InChI=1S/C11H12N2OS/c12-10(14)9(11-13-6-7-15-11)8-4-2-1-3-5-8/h1-6,9,11H,7H2,(H2,12,14)/t9-,11+/m0/s1. The minimum atomic E-state index is -0.310. The molecular weight excluding hydrogens is 208 g/mol. The van der Waals surface area contributed by atoms with Gasteiger partial charge >= 0.3 is 0 Å². The predicted octanol–water partition coefficient (Wildman–Crippen LogP) is 1.40. The molecule has 2 N–H and O–H groups in total. The van der Waals surface area contributed by atoms with Crippen LogP contribution in [0.3, 0.4) is 0 Å². The third-order valence-electron chi connectivity index (χ3n) is 2.34. The summed E-state index contributed by atoms with van der Waals surface area (Å²) in [6.07, 6.45) is 1.84. The van der Waals surface area contributed by atoms with Crippen molar-refractivity contribution >= 4 is 23.9 Å². The molecule has 0 fully saturated rings. The second-order valence-electron chi connectivity index (χ2n) is 3.35. The number of aliphatic imine (C=N–C) groups is 1. The van der Waals surface area contributed by atoms with Gasteiger partial charge in [-0.3, -0.25) is 9.79 Å². The van der Waals surface area contributed by atoms with E-state index in [-0.39, 0.29) is 17.2 Å². The second kappa shape index (κ2) is 4.49. The third kappa shape index (κ3) is 2.21. The summed E-state index contributed by atoms with van der Waals surface area (Å²) in [6, 6.07) is 9.59. The Morgan fingerprint density at radius 1 is 1.47 bits per heavy atom. The highest BCUT2D eigenvalue weighted by atomic mass is 32.2. The van der Waals surface area contributed by atoms with Gasteiger partial charge in [0.1, 0.15) is 5.37 Å². The van der Waals surface area contributed by atoms with Gasteiger partial charge in [0.25, 0.3) is 0 Å². The average Bonchev–Trinajstić information content (AvgIpc) is 2.72. The number of thioether (sulfide) groups is 1. The molecule has 0 saturated heterocycles. The number of amides is 1. The van der Waals surface area contributed by atoms with E-state index < -0.39 is 0 Å². The first kappa shape index (κ1) is 10.2. The monoisotopic (exact) mass is 220 g/mol. The molecule has 3 nitrogen and oxygen atoms in total. The van der Waals surface area contributed by atoms with Crippen LogP contribution in [0.25, 0.3) is 0 Å². The SMILES string of the molecule is NC(=O)[C@H](c1ccccc1)[C@@H]1N=CCS1. The molecule has 78 valence electrons. The van der Waals surface area contributed by atoms with Gasteiger partial charge in [-0.15, -0.1) is 11.8 Å². The number of hydrogen-bond donors (Lipinski definition) is 1. The van der Waals surface area contributed by atoms with Crippen LogP contribution >= 0.6 is 11.8 Å². The molecule has 0 unspecified atom stereocenters. The zero-order valence-electron chi connectivity index (χ0n) is 8.17. The van der Waals surface area contributed by atoms with Crippen LogP contribution in [0.4, 0.5) is 0 Å². The van der Waals surface area contributed by atoms with Crippen LogP contribution in [0.2, 0.25) is 0 Å². The van der Waals surface area contributed by atoms with Gasteiger partial charge < -0.3 is 5.73 Å². The van der Waals surface area contributed by atoms with Crippen LogP contribution in [0.15, 0.2) is 35.3 Å². The Morgan fingerprint density at radius 2 is 2.20 bits per heavy atom. The van der Waals surface area contributed by atoms with E-state index in [0.29, 0.717) is 0 Å². The third-order valence-corrected chi connectivity index (χ3v) is 3.42. The summed E-state index contributed by atoms with van der Waals surface area (Å²) in [7, 11) is 0. The molecule has 1 aromatic carbocycles. The van der Waals surface area contributed by atoms with Gasteiger partial charge in [0.15, 0.2) is 0 Å². The van der Waals surface area contributed by atoms with E-state index in [1.807, 2.05) is 36.5 Å². The van der Waals surface area contributed by atoms with Crippen molar-refractivity contribution < 1.29 is 4.79 Å². The van der Waals surface area contributed by atoms with Crippen molar-refractivity contribution in [3.8, 4) is 0 Å². The van der Waals surface area contributed by atoms with Crippen LogP contribution in [0.5, 0.6) is 0 Å². The lowest BCUT2D eigenvalue weighted by atomic mass is 9.98. The Kier molecular flexibility index (Phi) is 3.06. The molecular formula is C11H12N2OS. The van der Waals surface area contributed by atoms with Gasteiger partial charge in [-0.1, -0.05) is 30.3 Å². The first-order chi connectivity index (χ1) is 7.29. The fourth-order valence-corrected chi connectivity index (χ4v) is 2.67. The topological polar surface area (TPSA) is 55.5 Å². The Hall–Kier alpha value is -1.29. The molecule has 1 aliphatic rings. The maximum absolute atomic E-state index is 11.4. The van der Waals surface area contributed by atoms with E-state index in [0.717, 1.165) is 11.3 Å². The van der Waals surface area contributed by atoms with Crippen LogP contribution in [-0.2, 0) is 4.79 Å². The fourth-order valence-electron chi connectivity index (χ4n) is 1.64. The zero-order chi connectivity index (χ0) is 10.7. The molecule has 1 amide bonds. The largest absolute Gasteiger partial charge is 0.369 e. The lowest BCUT2D eigenvalue weighted by molar-refractivity contribution is -0.119. The number of hydrogen-bond acceptors (Lipinski definition) is 3. The summed E-state index contributed by atoms with van der Waals surface area (Å²) in [4.78, 5) is 15.7. The summed E-state index contributed by atoms with van der Waals surface area (Å²) < 4.78 is 0. The molecule has 0 spiro atoms. The van der Waals surface area contributed by atoms with Crippen LogP contribution < -0.4 is 5.73 Å². The van der Waals surface area contributed by atoms with Crippen molar-refractivity contribution in [3.05, 3.63) is 35.9 Å². The smallest absolute Gasteiger partial charge is 0.228 e. The molecule has 1 heterocycles. The number of nitrogens with two attached hydrogens (primary N) is 1. The Bertz CT molecular complexity index is 377. The van der Waals surface area contributed by atoms with Gasteiger partial charge in [-0.2, -0.15) is 0 Å². The van der Waals surface area contributed by atoms with Gasteiger partial charge in [0.2, 0.25) is 5.91 Å². The predicted molar refractivity (Wildman–Crippen MR) is 63.1 cm³/mol. The number of primary amides is 1. The Morgan fingerprint density at radius 3 is 2.73 bits per heavy atom. The molecule has 4 heteroatoms. The summed E-state index contributed by atoms with van der Waals surface area (Å²) in [5.74, 6) is 0.245. The second-order valence-corrected chi connectivity index (χ2v) is 4.50. The highest BCUT2D eigenvalue weighted by molar-refractivity contribution is 8.00. The minimum Gasteiger partial charge on any atom is -0.369 e. The first-order valence-corrected chi connectivity index (χ1v) is 5.81. The molecule has 0 bridgehead atoms. The number of nitrogens with zero attached hydrogens (tertiary/aromatic N) is 1. The van der Waals surface area contributed by atoms with E-state index >= 15 is 0 Å². The Balaban J connectivity index is 2.27. The number of benzene rings is 1. The van der Waals surface area contributed by atoms with Gasteiger partial charge in [-0.05, 0) is 5.56 Å². The molecule has 1 aromatic rings. The van der Waals surface area contributed by atoms with Crippen molar-refractivity contribution in [2.24, 2.45) is 10.7 Å². The fraction of sp³-hybridized carbons (Fsp3) is 0.273. The molecule has 2 rings (SSSR count). The lowest BCUT2D eigenvalue weighted by Gasteiger charge is -2.17. The van der Waals surface area contributed by atoms with Crippen LogP contribution in [-0.4, -0.2) is 23.2 Å². The van der Waals surface area contributed by atoms with E-state index in [4.69, 9.17) is 5.73 Å². The van der Waals surface area contributed by atoms with Gasteiger partial charge in [-0.25, -0.2) is 0 Å². The summed E-state index contributed by atoms with van der Waals surface area (Å²) in [5, 5.41) is -0.0510. The van der Waals surface area contributed by atoms with Crippen molar-refractivity contribution in [1.82, 2.24) is 0 Å².